The van der Waals surface area contributed by atoms with Crippen LogP contribution in [0, 0.1) is 0 Å². The molecule has 0 saturated heterocycles. The third kappa shape index (κ3) is 1.73. The zero-order chi connectivity index (χ0) is 12.0. The molecule has 0 radical (unpaired) electrons. The summed E-state index contributed by atoms with van der Waals surface area (Å²) in [6.45, 7) is 2.04. The van der Waals surface area contributed by atoms with E-state index in [4.69, 9.17) is 5.73 Å². The lowest BCUT2D eigenvalue weighted by atomic mass is 10.1. The topological polar surface area (TPSA) is 83.8 Å². The number of rotatable bonds is 2. The van der Waals surface area contributed by atoms with Crippen LogP contribution >= 0.6 is 0 Å². The van der Waals surface area contributed by atoms with Crippen molar-refractivity contribution < 1.29 is 4.79 Å². The maximum absolute atomic E-state index is 12.1. The van der Waals surface area contributed by atoms with E-state index < -0.39 is 0 Å². The van der Waals surface area contributed by atoms with E-state index in [1.165, 1.54) is 0 Å². The first kappa shape index (κ1) is 10.1. The predicted octanol–water partition coefficient (Wildman–Crippen LogP) is 1.43. The summed E-state index contributed by atoms with van der Waals surface area (Å²) in [5, 5.41) is 10.6. The Morgan fingerprint density at radius 2 is 2.29 bits per heavy atom. The third-order valence-electron chi connectivity index (χ3n) is 3.22. The third-order valence-corrected chi connectivity index (χ3v) is 3.22. The van der Waals surface area contributed by atoms with Gasteiger partial charge in [0.25, 0.3) is 5.91 Å². The van der Waals surface area contributed by atoms with Gasteiger partial charge in [0.05, 0.1) is 5.52 Å². The van der Waals surface area contributed by atoms with Gasteiger partial charge in [-0.05, 0) is 38.0 Å². The van der Waals surface area contributed by atoms with E-state index in [2.05, 4.69) is 15.5 Å². The van der Waals surface area contributed by atoms with Crippen LogP contribution in [0.3, 0.4) is 0 Å². The Kier molecular flexibility index (Phi) is 1.92. The summed E-state index contributed by atoms with van der Waals surface area (Å²) in [7, 11) is 0. The van der Waals surface area contributed by atoms with Gasteiger partial charge in [0.1, 0.15) is 0 Å². The molecule has 1 fully saturated rings. The van der Waals surface area contributed by atoms with Crippen LogP contribution in [0.25, 0.3) is 10.9 Å². The second kappa shape index (κ2) is 3.23. The molecule has 0 atom stereocenters. The largest absolute Gasteiger partial charge is 0.399 e. The molecule has 2 aromatic rings. The first-order valence-corrected chi connectivity index (χ1v) is 5.64. The molecule has 0 aliphatic heterocycles. The van der Waals surface area contributed by atoms with E-state index in [-0.39, 0.29) is 11.4 Å². The van der Waals surface area contributed by atoms with Crippen LogP contribution in [0.15, 0.2) is 18.2 Å². The SMILES string of the molecule is CC1(NC(=O)c2n[nH]c3ccc(N)cc23)CC1. The van der Waals surface area contributed by atoms with E-state index in [1.807, 2.05) is 13.0 Å². The van der Waals surface area contributed by atoms with Crippen LogP contribution in [-0.2, 0) is 0 Å². The molecule has 0 unspecified atom stereocenters. The van der Waals surface area contributed by atoms with Gasteiger partial charge >= 0.3 is 0 Å². The minimum absolute atomic E-state index is 0.0390. The fourth-order valence-electron chi connectivity index (χ4n) is 1.85. The summed E-state index contributed by atoms with van der Waals surface area (Å²) in [6.07, 6.45) is 2.06. The fourth-order valence-corrected chi connectivity index (χ4v) is 1.85. The Labute approximate surface area is 98.4 Å². The predicted molar refractivity (Wildman–Crippen MR) is 65.6 cm³/mol. The number of benzene rings is 1. The van der Waals surface area contributed by atoms with Crippen LogP contribution in [-0.4, -0.2) is 21.6 Å². The molecule has 1 aliphatic carbocycles. The highest BCUT2D eigenvalue weighted by Gasteiger charge is 2.39. The summed E-state index contributed by atoms with van der Waals surface area (Å²) in [5.41, 5.74) is 7.55. The molecule has 1 heterocycles. The van der Waals surface area contributed by atoms with E-state index in [9.17, 15) is 4.79 Å². The number of amides is 1. The monoisotopic (exact) mass is 230 g/mol. The summed E-state index contributed by atoms with van der Waals surface area (Å²) in [6, 6.07) is 5.38. The average molecular weight is 230 g/mol. The molecule has 1 amide bonds. The van der Waals surface area contributed by atoms with E-state index >= 15 is 0 Å². The number of aromatic nitrogens is 2. The Hall–Kier alpha value is -2.04. The number of carbonyl (C=O) groups excluding carboxylic acids is 1. The van der Waals surface area contributed by atoms with E-state index in [0.29, 0.717) is 11.4 Å². The molecule has 88 valence electrons. The smallest absolute Gasteiger partial charge is 0.272 e. The number of nitrogens with one attached hydrogen (secondary N) is 2. The maximum Gasteiger partial charge on any atom is 0.272 e. The van der Waals surface area contributed by atoms with Gasteiger partial charge in [0.15, 0.2) is 5.69 Å². The highest BCUT2D eigenvalue weighted by Crippen LogP contribution is 2.34. The molecule has 1 aromatic carbocycles. The molecule has 5 heteroatoms. The Balaban J connectivity index is 1.99. The normalized spacial score (nSPS) is 17.0. The number of nitrogens with two attached hydrogens (primary N) is 1. The van der Waals surface area contributed by atoms with Gasteiger partial charge in [-0.15, -0.1) is 0 Å². The quantitative estimate of drug-likeness (QED) is 0.682. The van der Waals surface area contributed by atoms with E-state index in [0.717, 1.165) is 23.7 Å². The standard InChI is InChI=1S/C12H14N4O/c1-12(4-5-12)14-11(17)10-8-6-7(13)2-3-9(8)15-16-10/h2-3,6H,4-5,13H2,1H3,(H,14,17)(H,15,16). The molecule has 17 heavy (non-hydrogen) atoms. The Bertz CT molecular complexity index is 598. The van der Waals surface area contributed by atoms with Gasteiger partial charge in [0.2, 0.25) is 0 Å². The van der Waals surface area contributed by atoms with Crippen molar-refractivity contribution in [3.8, 4) is 0 Å². The van der Waals surface area contributed by atoms with Crippen molar-refractivity contribution in [1.29, 1.82) is 0 Å². The van der Waals surface area contributed by atoms with Crippen LogP contribution in [0.5, 0.6) is 0 Å². The number of fused-ring (bicyclic) bond motifs is 1. The highest BCUT2D eigenvalue weighted by molar-refractivity contribution is 6.05. The van der Waals surface area contributed by atoms with Gasteiger partial charge in [0, 0.05) is 16.6 Å². The van der Waals surface area contributed by atoms with Gasteiger partial charge in [-0.25, -0.2) is 0 Å². The van der Waals surface area contributed by atoms with Crippen molar-refractivity contribution >= 4 is 22.5 Å². The molecule has 1 saturated carbocycles. The number of H-pyrrole nitrogens is 1. The van der Waals surface area contributed by atoms with Gasteiger partial charge in [-0.3, -0.25) is 9.89 Å². The number of hydrogen-bond donors (Lipinski definition) is 3. The number of nitrogens with zero attached hydrogens (tertiary/aromatic N) is 1. The second-order valence-electron chi connectivity index (χ2n) is 4.89. The van der Waals surface area contributed by atoms with Crippen molar-refractivity contribution in [3.05, 3.63) is 23.9 Å². The van der Waals surface area contributed by atoms with Crippen molar-refractivity contribution in [3.63, 3.8) is 0 Å². The Morgan fingerprint density at radius 3 is 3.00 bits per heavy atom. The molecule has 0 spiro atoms. The highest BCUT2D eigenvalue weighted by atomic mass is 16.2. The Morgan fingerprint density at radius 1 is 1.53 bits per heavy atom. The molecule has 1 aliphatic rings. The number of carbonyl (C=O) groups is 1. The second-order valence-corrected chi connectivity index (χ2v) is 4.89. The van der Waals surface area contributed by atoms with Crippen molar-refractivity contribution in [2.75, 3.05) is 5.73 Å². The van der Waals surface area contributed by atoms with Gasteiger partial charge in [-0.2, -0.15) is 5.10 Å². The first-order valence-electron chi connectivity index (χ1n) is 5.64. The minimum atomic E-state index is -0.137. The number of anilines is 1. The zero-order valence-electron chi connectivity index (χ0n) is 9.58. The summed E-state index contributed by atoms with van der Waals surface area (Å²) in [5.74, 6) is -0.137. The molecule has 0 bridgehead atoms. The fraction of sp³-hybridized carbons (Fsp3) is 0.333. The van der Waals surface area contributed by atoms with Crippen molar-refractivity contribution in [1.82, 2.24) is 15.5 Å². The van der Waals surface area contributed by atoms with Crippen LogP contribution in [0.4, 0.5) is 5.69 Å². The number of nitrogen functional groups attached to an aromatic ring is 1. The van der Waals surface area contributed by atoms with E-state index in [1.54, 1.807) is 12.1 Å². The lowest BCUT2D eigenvalue weighted by molar-refractivity contribution is 0.0932. The minimum Gasteiger partial charge on any atom is -0.399 e. The lowest BCUT2D eigenvalue weighted by Gasteiger charge is -2.09. The zero-order valence-corrected chi connectivity index (χ0v) is 9.58. The van der Waals surface area contributed by atoms with Crippen LogP contribution in [0.1, 0.15) is 30.3 Å². The summed E-state index contributed by atoms with van der Waals surface area (Å²) in [4.78, 5) is 12.1. The summed E-state index contributed by atoms with van der Waals surface area (Å²) < 4.78 is 0. The average Bonchev–Trinajstić information content (AvgIpc) is 2.86. The molecular weight excluding hydrogens is 216 g/mol. The molecular formula is C12H14N4O. The lowest BCUT2D eigenvalue weighted by Crippen LogP contribution is -2.34. The molecule has 4 N–H and O–H groups in total. The number of hydrogen-bond acceptors (Lipinski definition) is 3. The van der Waals surface area contributed by atoms with Gasteiger partial charge < -0.3 is 11.1 Å². The maximum atomic E-state index is 12.1. The van der Waals surface area contributed by atoms with Crippen LogP contribution in [0.2, 0.25) is 0 Å². The summed E-state index contributed by atoms with van der Waals surface area (Å²) >= 11 is 0. The number of aromatic amines is 1. The molecule has 5 nitrogen and oxygen atoms in total. The van der Waals surface area contributed by atoms with Crippen molar-refractivity contribution in [2.45, 2.75) is 25.3 Å². The first-order chi connectivity index (χ1) is 8.07. The molecule has 3 rings (SSSR count). The van der Waals surface area contributed by atoms with Crippen LogP contribution < -0.4 is 11.1 Å². The van der Waals surface area contributed by atoms with Crippen molar-refractivity contribution in [2.24, 2.45) is 0 Å². The van der Waals surface area contributed by atoms with Gasteiger partial charge in [-0.1, -0.05) is 0 Å². The molecule has 1 aromatic heterocycles.